The molecule has 3 nitrogen and oxygen atoms in total. The average molecular weight is 183 g/mol. The third kappa shape index (κ3) is 0.909. The van der Waals surface area contributed by atoms with Crippen LogP contribution in [-0.4, -0.2) is 28.2 Å². The minimum absolute atomic E-state index is 0.0775. The van der Waals surface area contributed by atoms with Crippen LogP contribution in [0.2, 0.25) is 0 Å². The molecule has 2 rings (SSSR count). The molecule has 1 amide bonds. The molecule has 0 aromatic carbocycles. The van der Waals surface area contributed by atoms with Crippen molar-refractivity contribution in [3.05, 3.63) is 11.3 Å². The minimum atomic E-state index is 0.0775. The largest absolute Gasteiger partial charge is 0.296 e. The Morgan fingerprint density at radius 1 is 1.67 bits per heavy atom. The molecule has 2 aliphatic rings. The second-order valence-corrected chi connectivity index (χ2v) is 4.18. The Hall–Kier alpha value is -0.770. The second-order valence-electron chi connectivity index (χ2n) is 3.02. The van der Waals surface area contributed by atoms with E-state index in [1.54, 1.807) is 16.7 Å². The Morgan fingerprint density at radius 3 is 2.92 bits per heavy atom. The molecule has 0 unspecified atom stereocenters. The van der Waals surface area contributed by atoms with Crippen molar-refractivity contribution in [2.45, 2.75) is 18.7 Å². The van der Waals surface area contributed by atoms with Gasteiger partial charge in [0.25, 0.3) is 0 Å². The molecule has 0 saturated carbocycles. The number of allylic oxidation sites excluding steroid dienone is 1. The molecule has 4 heteroatoms. The standard InChI is InChI=1S/C8H9NO2S/c1-5-4-12-8-2-7(11)9(8)6(5)3-10/h3,8H,2,4H2,1H3/t8-/m1/s1. The summed E-state index contributed by atoms with van der Waals surface area (Å²) in [6.45, 7) is 1.90. The second kappa shape index (κ2) is 2.62. The molecule has 0 spiro atoms. The number of aldehydes is 1. The Morgan fingerprint density at radius 2 is 2.42 bits per heavy atom. The fourth-order valence-electron chi connectivity index (χ4n) is 1.47. The third-order valence-electron chi connectivity index (χ3n) is 2.21. The molecule has 2 aliphatic heterocycles. The minimum Gasteiger partial charge on any atom is -0.296 e. The van der Waals surface area contributed by atoms with Crippen molar-refractivity contribution in [3.63, 3.8) is 0 Å². The Kier molecular flexibility index (Phi) is 1.72. The molecule has 2 heterocycles. The SMILES string of the molecule is CC1=C(C=O)N2C(=O)C[C@H]2SC1. The maximum absolute atomic E-state index is 11.1. The Bertz CT molecular complexity index is 285. The van der Waals surface area contributed by atoms with Gasteiger partial charge in [-0.1, -0.05) is 0 Å². The van der Waals surface area contributed by atoms with Gasteiger partial charge >= 0.3 is 0 Å². The van der Waals surface area contributed by atoms with Crippen LogP contribution in [0.3, 0.4) is 0 Å². The number of nitrogens with zero attached hydrogens (tertiary/aromatic N) is 1. The quantitative estimate of drug-likeness (QED) is 0.445. The van der Waals surface area contributed by atoms with Crippen molar-refractivity contribution in [3.8, 4) is 0 Å². The van der Waals surface area contributed by atoms with Crippen LogP contribution in [-0.2, 0) is 9.59 Å². The van der Waals surface area contributed by atoms with E-state index in [1.807, 2.05) is 6.92 Å². The van der Waals surface area contributed by atoms with Gasteiger partial charge in [0.05, 0.1) is 17.5 Å². The number of carbonyl (C=O) groups excluding carboxylic acids is 2. The van der Waals surface area contributed by atoms with Crippen molar-refractivity contribution in [2.75, 3.05) is 5.75 Å². The molecule has 0 bridgehead atoms. The molecule has 0 N–H and O–H groups in total. The first kappa shape index (κ1) is 7.86. The number of fused-ring (bicyclic) bond motifs is 1. The van der Waals surface area contributed by atoms with Gasteiger partial charge in [-0.2, -0.15) is 0 Å². The summed E-state index contributed by atoms with van der Waals surface area (Å²) < 4.78 is 0. The zero-order valence-electron chi connectivity index (χ0n) is 6.74. The van der Waals surface area contributed by atoms with Crippen LogP contribution in [0.4, 0.5) is 0 Å². The van der Waals surface area contributed by atoms with Crippen molar-refractivity contribution < 1.29 is 9.59 Å². The van der Waals surface area contributed by atoms with E-state index in [2.05, 4.69) is 0 Å². The fourth-order valence-corrected chi connectivity index (χ4v) is 2.70. The average Bonchev–Trinajstić information content (AvgIpc) is 2.06. The fraction of sp³-hybridized carbons (Fsp3) is 0.500. The molecular weight excluding hydrogens is 174 g/mol. The third-order valence-corrected chi connectivity index (χ3v) is 3.57. The first-order valence-electron chi connectivity index (χ1n) is 3.82. The van der Waals surface area contributed by atoms with Gasteiger partial charge in [-0.3, -0.25) is 14.5 Å². The van der Waals surface area contributed by atoms with Crippen molar-refractivity contribution >= 4 is 24.0 Å². The van der Waals surface area contributed by atoms with Gasteiger partial charge in [0.1, 0.15) is 0 Å². The number of thioether (sulfide) groups is 1. The smallest absolute Gasteiger partial charge is 0.231 e. The number of rotatable bonds is 1. The van der Waals surface area contributed by atoms with Crippen molar-refractivity contribution in [1.82, 2.24) is 4.90 Å². The highest BCUT2D eigenvalue weighted by molar-refractivity contribution is 8.00. The number of amides is 1. The molecule has 1 fully saturated rings. The molecule has 1 atom stereocenters. The maximum Gasteiger partial charge on any atom is 0.231 e. The predicted octanol–water partition coefficient (Wildman–Crippen LogP) is 0.765. The van der Waals surface area contributed by atoms with E-state index < -0.39 is 0 Å². The molecule has 0 aliphatic carbocycles. The van der Waals surface area contributed by atoms with Crippen molar-refractivity contribution in [1.29, 1.82) is 0 Å². The van der Waals surface area contributed by atoms with E-state index in [-0.39, 0.29) is 11.3 Å². The molecule has 0 aromatic rings. The van der Waals surface area contributed by atoms with Gasteiger partial charge in [-0.15, -0.1) is 11.8 Å². The lowest BCUT2D eigenvalue weighted by molar-refractivity contribution is -0.140. The van der Waals surface area contributed by atoms with Gasteiger partial charge in [0, 0.05) is 5.75 Å². The van der Waals surface area contributed by atoms with Gasteiger partial charge in [-0.05, 0) is 12.5 Å². The molecular formula is C8H9NO2S. The highest BCUT2D eigenvalue weighted by Gasteiger charge is 2.41. The van der Waals surface area contributed by atoms with Gasteiger partial charge in [0.15, 0.2) is 6.29 Å². The zero-order chi connectivity index (χ0) is 8.72. The van der Waals surface area contributed by atoms with E-state index in [1.165, 1.54) is 0 Å². The van der Waals surface area contributed by atoms with Crippen LogP contribution >= 0.6 is 11.8 Å². The number of hydrogen-bond acceptors (Lipinski definition) is 3. The topological polar surface area (TPSA) is 37.4 Å². The molecule has 12 heavy (non-hydrogen) atoms. The summed E-state index contributed by atoms with van der Waals surface area (Å²) in [5.74, 6) is 0.955. The van der Waals surface area contributed by atoms with Crippen molar-refractivity contribution in [2.24, 2.45) is 0 Å². The summed E-state index contributed by atoms with van der Waals surface area (Å²) in [5, 5.41) is 0.237. The molecule has 64 valence electrons. The maximum atomic E-state index is 11.1. The summed E-state index contributed by atoms with van der Waals surface area (Å²) in [7, 11) is 0. The Labute approximate surface area is 74.8 Å². The van der Waals surface area contributed by atoms with Crippen LogP contribution < -0.4 is 0 Å². The highest BCUT2D eigenvalue weighted by atomic mass is 32.2. The lowest BCUT2D eigenvalue weighted by Crippen LogP contribution is -2.52. The van der Waals surface area contributed by atoms with Crippen LogP contribution in [0.15, 0.2) is 11.3 Å². The first-order chi connectivity index (χ1) is 5.74. The van der Waals surface area contributed by atoms with E-state index in [9.17, 15) is 9.59 Å². The summed E-state index contributed by atoms with van der Waals surface area (Å²) in [6.07, 6.45) is 1.38. The van der Waals surface area contributed by atoms with Gasteiger partial charge in [-0.25, -0.2) is 0 Å². The summed E-state index contributed by atoms with van der Waals surface area (Å²) in [4.78, 5) is 23.4. The van der Waals surface area contributed by atoms with E-state index >= 15 is 0 Å². The lowest BCUT2D eigenvalue weighted by Gasteiger charge is -2.43. The number of hydrogen-bond donors (Lipinski definition) is 0. The summed E-state index contributed by atoms with van der Waals surface area (Å²) >= 11 is 1.73. The van der Waals surface area contributed by atoms with Crippen LogP contribution in [0.1, 0.15) is 13.3 Å². The zero-order valence-corrected chi connectivity index (χ0v) is 7.56. The van der Waals surface area contributed by atoms with E-state index in [0.717, 1.165) is 17.6 Å². The predicted molar refractivity (Wildman–Crippen MR) is 46.5 cm³/mol. The first-order valence-corrected chi connectivity index (χ1v) is 4.87. The number of carbonyl (C=O) groups is 2. The summed E-state index contributed by atoms with van der Waals surface area (Å²) in [5.41, 5.74) is 1.61. The van der Waals surface area contributed by atoms with Crippen LogP contribution in [0.25, 0.3) is 0 Å². The van der Waals surface area contributed by atoms with Gasteiger partial charge < -0.3 is 0 Å². The normalized spacial score (nSPS) is 28.2. The van der Waals surface area contributed by atoms with E-state index in [4.69, 9.17) is 0 Å². The highest BCUT2D eigenvalue weighted by Crippen LogP contribution is 2.38. The molecule has 1 saturated heterocycles. The number of β-lactam (4-membered cyclic amide) rings is 1. The van der Waals surface area contributed by atoms with E-state index in [0.29, 0.717) is 12.1 Å². The monoisotopic (exact) mass is 183 g/mol. The molecule has 0 radical (unpaired) electrons. The lowest BCUT2D eigenvalue weighted by atomic mass is 10.1. The van der Waals surface area contributed by atoms with Crippen LogP contribution in [0, 0.1) is 0 Å². The molecule has 0 aromatic heterocycles. The summed E-state index contributed by atoms with van der Waals surface area (Å²) in [6, 6.07) is 0. The Balaban J connectivity index is 2.34. The van der Waals surface area contributed by atoms with Gasteiger partial charge in [0.2, 0.25) is 5.91 Å². The van der Waals surface area contributed by atoms with Crippen LogP contribution in [0.5, 0.6) is 0 Å².